The maximum atomic E-state index is 12.3. The largest absolute Gasteiger partial charge is 0.352 e. The minimum Gasteiger partial charge on any atom is -0.352 e. The lowest BCUT2D eigenvalue weighted by Gasteiger charge is -2.24. The highest BCUT2D eigenvalue weighted by Crippen LogP contribution is 2.39. The minimum absolute atomic E-state index is 0.118. The van der Waals surface area contributed by atoms with Gasteiger partial charge in [0, 0.05) is 12.1 Å². The van der Waals surface area contributed by atoms with Crippen LogP contribution in [0.2, 0.25) is 0 Å². The highest BCUT2D eigenvalue weighted by atomic mass is 32.2. The number of aryl methyl sites for hydroxylation is 1. The third-order valence-electron chi connectivity index (χ3n) is 4.35. The molecule has 2 aliphatic rings. The van der Waals surface area contributed by atoms with Crippen LogP contribution in [0.1, 0.15) is 63.7 Å². The molecule has 2 aliphatic carbocycles. The van der Waals surface area contributed by atoms with Crippen LogP contribution in [0.4, 0.5) is 0 Å². The molecule has 1 heterocycles. The van der Waals surface area contributed by atoms with Crippen molar-refractivity contribution in [1.82, 2.24) is 20.1 Å². The predicted octanol–water partition coefficient (Wildman–Crippen LogP) is 2.85. The number of amides is 1. The maximum absolute atomic E-state index is 12.3. The Morgan fingerprint density at radius 1 is 1.24 bits per heavy atom. The van der Waals surface area contributed by atoms with Crippen molar-refractivity contribution in [1.29, 1.82) is 0 Å². The summed E-state index contributed by atoms with van der Waals surface area (Å²) >= 11 is 1.53. The van der Waals surface area contributed by atoms with Gasteiger partial charge in [-0.3, -0.25) is 4.79 Å². The number of nitrogens with one attached hydrogen (secondary N) is 1. The van der Waals surface area contributed by atoms with Crippen LogP contribution in [0.15, 0.2) is 5.16 Å². The molecule has 1 atom stereocenters. The lowest BCUT2D eigenvalue weighted by atomic mass is 9.95. The van der Waals surface area contributed by atoms with Gasteiger partial charge in [-0.1, -0.05) is 31.0 Å². The van der Waals surface area contributed by atoms with E-state index in [1.165, 1.54) is 43.9 Å². The van der Waals surface area contributed by atoms with E-state index in [2.05, 4.69) is 20.1 Å². The fraction of sp³-hybridized carbons (Fsp3) is 0.800. The second-order valence-corrected chi connectivity index (χ2v) is 7.54. The molecule has 3 rings (SSSR count). The summed E-state index contributed by atoms with van der Waals surface area (Å²) in [4.78, 5) is 12.3. The minimum atomic E-state index is -0.118. The van der Waals surface area contributed by atoms with Crippen molar-refractivity contribution in [2.45, 2.75) is 81.3 Å². The second-order valence-electron chi connectivity index (χ2n) is 6.23. The van der Waals surface area contributed by atoms with E-state index in [9.17, 15) is 4.79 Å². The molecule has 0 unspecified atom stereocenters. The average Bonchev–Trinajstić information content (AvgIpc) is 3.25. The molecule has 0 aromatic carbocycles. The van der Waals surface area contributed by atoms with Gasteiger partial charge in [0.25, 0.3) is 0 Å². The molecule has 2 saturated carbocycles. The van der Waals surface area contributed by atoms with Crippen LogP contribution in [0.25, 0.3) is 0 Å². The van der Waals surface area contributed by atoms with E-state index in [1.54, 1.807) is 0 Å². The smallest absolute Gasteiger partial charge is 0.233 e. The number of carbonyl (C=O) groups is 1. The number of rotatable bonds is 5. The van der Waals surface area contributed by atoms with Crippen molar-refractivity contribution in [3.8, 4) is 0 Å². The zero-order valence-corrected chi connectivity index (χ0v) is 13.7. The highest BCUT2D eigenvalue weighted by molar-refractivity contribution is 8.00. The van der Waals surface area contributed by atoms with Crippen molar-refractivity contribution in [3.63, 3.8) is 0 Å². The molecule has 5 nitrogen and oxygen atoms in total. The van der Waals surface area contributed by atoms with Crippen LogP contribution >= 0.6 is 11.8 Å². The molecule has 0 spiro atoms. The Morgan fingerprint density at radius 2 is 1.95 bits per heavy atom. The molecule has 6 heteroatoms. The van der Waals surface area contributed by atoms with Gasteiger partial charge >= 0.3 is 0 Å². The monoisotopic (exact) mass is 308 g/mol. The van der Waals surface area contributed by atoms with Crippen molar-refractivity contribution in [3.05, 3.63) is 5.82 Å². The van der Waals surface area contributed by atoms with Gasteiger partial charge in [0.15, 0.2) is 5.16 Å². The molecule has 2 fully saturated rings. The van der Waals surface area contributed by atoms with E-state index in [-0.39, 0.29) is 11.2 Å². The number of nitrogens with zero attached hydrogens (tertiary/aromatic N) is 3. The molecule has 1 aromatic heterocycles. The Balaban J connectivity index is 1.57. The normalized spacial score (nSPS) is 21.2. The van der Waals surface area contributed by atoms with Gasteiger partial charge in [0.1, 0.15) is 5.82 Å². The summed E-state index contributed by atoms with van der Waals surface area (Å²) in [6.45, 7) is 3.95. The summed E-state index contributed by atoms with van der Waals surface area (Å²) in [7, 11) is 0. The van der Waals surface area contributed by atoms with Gasteiger partial charge in [0.2, 0.25) is 5.91 Å². The van der Waals surface area contributed by atoms with Crippen molar-refractivity contribution in [2.75, 3.05) is 0 Å². The quantitative estimate of drug-likeness (QED) is 0.850. The van der Waals surface area contributed by atoms with Crippen molar-refractivity contribution < 1.29 is 4.79 Å². The first kappa shape index (κ1) is 14.9. The third kappa shape index (κ3) is 3.59. The van der Waals surface area contributed by atoms with Gasteiger partial charge in [-0.15, -0.1) is 10.2 Å². The highest BCUT2D eigenvalue weighted by Gasteiger charge is 2.30. The molecule has 0 radical (unpaired) electrons. The number of thioether (sulfide) groups is 1. The van der Waals surface area contributed by atoms with Crippen molar-refractivity contribution in [2.24, 2.45) is 0 Å². The SMILES string of the molecule is Cc1nnc(S[C@H](C)C(=O)NC2CCCCC2)n1C1CC1. The average molecular weight is 308 g/mol. The summed E-state index contributed by atoms with van der Waals surface area (Å²) in [5.41, 5.74) is 0. The fourth-order valence-electron chi connectivity index (χ4n) is 2.96. The Morgan fingerprint density at radius 3 is 2.62 bits per heavy atom. The van der Waals surface area contributed by atoms with Crippen LogP contribution in [0.5, 0.6) is 0 Å². The molecular formula is C15H24N4OS. The molecule has 21 heavy (non-hydrogen) atoms. The molecule has 1 N–H and O–H groups in total. The standard InChI is InChI=1S/C15H24N4OS/c1-10(14(20)16-12-6-4-3-5-7-12)21-15-18-17-11(2)19(15)13-8-9-13/h10,12-13H,3-9H2,1-2H3,(H,16,20)/t10-/m1/s1. The van der Waals surface area contributed by atoms with Crippen LogP contribution in [0.3, 0.4) is 0 Å². The van der Waals surface area contributed by atoms with E-state index >= 15 is 0 Å². The Labute approximate surface area is 130 Å². The number of aromatic nitrogens is 3. The zero-order chi connectivity index (χ0) is 14.8. The van der Waals surface area contributed by atoms with Crippen molar-refractivity contribution >= 4 is 17.7 Å². The van der Waals surface area contributed by atoms with Crippen LogP contribution in [-0.2, 0) is 4.79 Å². The van der Waals surface area contributed by atoms with Gasteiger partial charge in [-0.05, 0) is 39.5 Å². The first-order valence-electron chi connectivity index (χ1n) is 8.03. The topological polar surface area (TPSA) is 59.8 Å². The van der Waals surface area contributed by atoms with Crippen LogP contribution in [0, 0.1) is 6.92 Å². The molecule has 0 aliphatic heterocycles. The number of carbonyl (C=O) groups excluding carboxylic acids is 1. The van der Waals surface area contributed by atoms with Gasteiger partial charge in [-0.25, -0.2) is 0 Å². The Hall–Kier alpha value is -1.04. The van der Waals surface area contributed by atoms with Gasteiger partial charge < -0.3 is 9.88 Å². The summed E-state index contributed by atoms with van der Waals surface area (Å²) in [5.74, 6) is 1.09. The summed E-state index contributed by atoms with van der Waals surface area (Å²) in [5, 5.41) is 12.4. The summed E-state index contributed by atoms with van der Waals surface area (Å²) in [6, 6.07) is 0.924. The molecule has 0 saturated heterocycles. The first-order chi connectivity index (χ1) is 10.1. The van der Waals surface area contributed by atoms with E-state index in [1.807, 2.05) is 13.8 Å². The molecule has 0 bridgehead atoms. The molecule has 1 aromatic rings. The summed E-state index contributed by atoms with van der Waals surface area (Å²) in [6.07, 6.45) is 8.44. The first-order valence-corrected chi connectivity index (χ1v) is 8.91. The summed E-state index contributed by atoms with van der Waals surface area (Å²) < 4.78 is 2.19. The molecule has 1 amide bonds. The lowest BCUT2D eigenvalue weighted by molar-refractivity contribution is -0.121. The number of hydrogen-bond acceptors (Lipinski definition) is 4. The Kier molecular flexibility index (Phi) is 4.52. The predicted molar refractivity (Wildman–Crippen MR) is 83.4 cm³/mol. The number of hydrogen-bond donors (Lipinski definition) is 1. The lowest BCUT2D eigenvalue weighted by Crippen LogP contribution is -2.40. The van der Waals surface area contributed by atoms with Gasteiger partial charge in [0.05, 0.1) is 5.25 Å². The van der Waals surface area contributed by atoms with Gasteiger partial charge in [-0.2, -0.15) is 0 Å². The van der Waals surface area contributed by atoms with E-state index in [4.69, 9.17) is 0 Å². The Bertz CT molecular complexity index is 506. The third-order valence-corrected chi connectivity index (χ3v) is 5.41. The maximum Gasteiger partial charge on any atom is 0.233 e. The van der Waals surface area contributed by atoms with E-state index in [0.717, 1.165) is 23.8 Å². The second kappa shape index (κ2) is 6.38. The zero-order valence-electron chi connectivity index (χ0n) is 12.8. The van der Waals surface area contributed by atoms with E-state index in [0.29, 0.717) is 12.1 Å². The van der Waals surface area contributed by atoms with E-state index < -0.39 is 0 Å². The van der Waals surface area contributed by atoms with Crippen LogP contribution in [-0.4, -0.2) is 32.0 Å². The van der Waals surface area contributed by atoms with Crippen LogP contribution < -0.4 is 5.32 Å². The molecular weight excluding hydrogens is 284 g/mol. The molecule has 116 valence electrons. The fourth-order valence-corrected chi connectivity index (χ4v) is 3.93.